The summed E-state index contributed by atoms with van der Waals surface area (Å²) in [5, 5.41) is 13.1. The van der Waals surface area contributed by atoms with Crippen LogP contribution in [0, 0.1) is 0 Å². The van der Waals surface area contributed by atoms with E-state index in [1.165, 1.54) is 0 Å². The quantitative estimate of drug-likeness (QED) is 0.752. The van der Waals surface area contributed by atoms with E-state index in [9.17, 15) is 14.7 Å². The summed E-state index contributed by atoms with van der Waals surface area (Å²) in [4.78, 5) is 25.3. The molecule has 1 saturated carbocycles. The second kappa shape index (κ2) is 4.75. The molecule has 1 aliphatic carbocycles. The van der Waals surface area contributed by atoms with Crippen LogP contribution in [0.2, 0.25) is 0 Å². The first kappa shape index (κ1) is 12.3. The van der Waals surface area contributed by atoms with E-state index < -0.39 is 6.10 Å². The van der Waals surface area contributed by atoms with Crippen LogP contribution in [0.3, 0.4) is 0 Å². The summed E-state index contributed by atoms with van der Waals surface area (Å²) in [6.07, 6.45) is 1.56. The van der Waals surface area contributed by atoms with Crippen LogP contribution in [-0.2, 0) is 0 Å². The lowest BCUT2D eigenvalue weighted by Gasteiger charge is -2.18. The Labute approximate surface area is 111 Å². The van der Waals surface area contributed by atoms with Crippen molar-refractivity contribution in [2.75, 3.05) is 13.1 Å². The molecule has 1 unspecified atom stereocenters. The summed E-state index contributed by atoms with van der Waals surface area (Å²) in [6.45, 7) is 0.462. The molecule has 5 nitrogen and oxygen atoms in total. The summed E-state index contributed by atoms with van der Waals surface area (Å²) >= 11 is 0. The normalized spacial score (nSPS) is 19.7. The first-order valence-corrected chi connectivity index (χ1v) is 6.53. The summed E-state index contributed by atoms with van der Waals surface area (Å²) in [5.74, 6) is -0.628. The van der Waals surface area contributed by atoms with E-state index in [0.29, 0.717) is 23.7 Å². The molecule has 2 N–H and O–H groups in total. The van der Waals surface area contributed by atoms with Gasteiger partial charge in [0.15, 0.2) is 0 Å². The number of imide groups is 1. The fourth-order valence-electron chi connectivity index (χ4n) is 2.27. The molecule has 0 saturated heterocycles. The Kier molecular flexibility index (Phi) is 3.08. The number of nitrogens with one attached hydrogen (secondary N) is 1. The highest BCUT2D eigenvalue weighted by Crippen LogP contribution is 2.22. The molecular weight excluding hydrogens is 244 g/mol. The van der Waals surface area contributed by atoms with Crippen molar-refractivity contribution >= 4 is 11.8 Å². The maximum absolute atomic E-state index is 12.1. The first-order chi connectivity index (χ1) is 9.16. The minimum absolute atomic E-state index is 0.0477. The Balaban J connectivity index is 1.65. The molecule has 2 amide bonds. The second-order valence-corrected chi connectivity index (χ2v) is 5.10. The van der Waals surface area contributed by atoms with Gasteiger partial charge in [0.05, 0.1) is 23.8 Å². The van der Waals surface area contributed by atoms with Crippen LogP contribution in [0.25, 0.3) is 0 Å². The molecule has 1 heterocycles. The SMILES string of the molecule is O=C1c2ccccc2C(=O)N1CC(O)CNC1CC1. The van der Waals surface area contributed by atoms with Gasteiger partial charge in [0.2, 0.25) is 0 Å². The van der Waals surface area contributed by atoms with E-state index in [-0.39, 0.29) is 18.4 Å². The number of hydrogen-bond donors (Lipinski definition) is 2. The summed E-state index contributed by atoms with van der Waals surface area (Å²) in [7, 11) is 0. The highest BCUT2D eigenvalue weighted by atomic mass is 16.3. The third kappa shape index (κ3) is 2.39. The van der Waals surface area contributed by atoms with Crippen molar-refractivity contribution in [2.24, 2.45) is 0 Å². The summed E-state index contributed by atoms with van der Waals surface area (Å²) < 4.78 is 0. The largest absolute Gasteiger partial charge is 0.390 e. The molecule has 5 heteroatoms. The van der Waals surface area contributed by atoms with Gasteiger partial charge in [0.1, 0.15) is 0 Å². The van der Waals surface area contributed by atoms with Crippen LogP contribution in [-0.4, -0.2) is 47.1 Å². The zero-order valence-electron chi connectivity index (χ0n) is 10.5. The number of aliphatic hydroxyl groups excluding tert-OH is 1. The molecule has 0 bridgehead atoms. The zero-order valence-corrected chi connectivity index (χ0v) is 10.5. The third-order valence-electron chi connectivity index (χ3n) is 3.49. The molecule has 2 aliphatic rings. The van der Waals surface area contributed by atoms with E-state index >= 15 is 0 Å². The Hall–Kier alpha value is -1.72. The van der Waals surface area contributed by atoms with Gasteiger partial charge in [-0.2, -0.15) is 0 Å². The molecule has 1 fully saturated rings. The molecule has 0 spiro atoms. The van der Waals surface area contributed by atoms with Crippen molar-refractivity contribution in [2.45, 2.75) is 25.0 Å². The van der Waals surface area contributed by atoms with E-state index in [1.54, 1.807) is 24.3 Å². The lowest BCUT2D eigenvalue weighted by molar-refractivity contribution is 0.0544. The molecule has 1 aromatic rings. The molecule has 1 aliphatic heterocycles. The monoisotopic (exact) mass is 260 g/mol. The molecule has 1 atom stereocenters. The Morgan fingerprint density at radius 2 is 1.79 bits per heavy atom. The van der Waals surface area contributed by atoms with Crippen LogP contribution >= 0.6 is 0 Å². The second-order valence-electron chi connectivity index (χ2n) is 5.10. The van der Waals surface area contributed by atoms with Crippen molar-refractivity contribution in [1.82, 2.24) is 10.2 Å². The van der Waals surface area contributed by atoms with Crippen molar-refractivity contribution in [3.63, 3.8) is 0 Å². The summed E-state index contributed by atoms with van der Waals surface area (Å²) in [5.41, 5.74) is 0.852. The molecule has 1 aromatic carbocycles. The minimum atomic E-state index is -0.720. The maximum atomic E-state index is 12.1. The Bertz CT molecular complexity index is 490. The van der Waals surface area contributed by atoms with Crippen molar-refractivity contribution in [1.29, 1.82) is 0 Å². The highest BCUT2D eigenvalue weighted by molar-refractivity contribution is 6.21. The van der Waals surface area contributed by atoms with E-state index in [4.69, 9.17) is 0 Å². The van der Waals surface area contributed by atoms with Gasteiger partial charge in [0, 0.05) is 12.6 Å². The standard InChI is InChI=1S/C14H16N2O3/c17-10(7-15-9-5-6-9)8-16-13(18)11-3-1-2-4-12(11)14(16)19/h1-4,9-10,15,17H,5-8H2. The molecular formula is C14H16N2O3. The van der Waals surface area contributed by atoms with Crippen LogP contribution in [0.15, 0.2) is 24.3 Å². The van der Waals surface area contributed by atoms with Gasteiger partial charge in [-0.05, 0) is 25.0 Å². The number of nitrogens with zero attached hydrogens (tertiary/aromatic N) is 1. The number of amides is 2. The maximum Gasteiger partial charge on any atom is 0.261 e. The average Bonchev–Trinajstić information content (AvgIpc) is 3.22. The number of carbonyl (C=O) groups excluding carboxylic acids is 2. The number of carbonyl (C=O) groups is 2. The molecule has 100 valence electrons. The lowest BCUT2D eigenvalue weighted by atomic mass is 10.1. The van der Waals surface area contributed by atoms with Crippen LogP contribution < -0.4 is 5.32 Å². The average molecular weight is 260 g/mol. The van der Waals surface area contributed by atoms with Crippen LogP contribution in [0.5, 0.6) is 0 Å². The number of β-amino-alcohol motifs (C(OH)–C–C–N with tert-alkyl or cyclic N) is 1. The van der Waals surface area contributed by atoms with Crippen molar-refractivity contribution < 1.29 is 14.7 Å². The van der Waals surface area contributed by atoms with Crippen LogP contribution in [0.1, 0.15) is 33.6 Å². The smallest absolute Gasteiger partial charge is 0.261 e. The van der Waals surface area contributed by atoms with Crippen molar-refractivity contribution in [3.8, 4) is 0 Å². The van der Waals surface area contributed by atoms with Gasteiger partial charge in [-0.1, -0.05) is 12.1 Å². The predicted molar refractivity (Wildman–Crippen MR) is 68.8 cm³/mol. The molecule has 0 radical (unpaired) electrons. The van der Waals surface area contributed by atoms with Gasteiger partial charge in [-0.15, -0.1) is 0 Å². The van der Waals surface area contributed by atoms with E-state index in [0.717, 1.165) is 17.7 Å². The predicted octanol–water partition coefficient (Wildman–Crippen LogP) is 0.395. The molecule has 3 rings (SSSR count). The Morgan fingerprint density at radius 1 is 1.21 bits per heavy atom. The molecule has 19 heavy (non-hydrogen) atoms. The van der Waals surface area contributed by atoms with Gasteiger partial charge >= 0.3 is 0 Å². The summed E-state index contributed by atoms with van der Waals surface area (Å²) in [6, 6.07) is 7.25. The van der Waals surface area contributed by atoms with Crippen LogP contribution in [0.4, 0.5) is 0 Å². The number of hydrogen-bond acceptors (Lipinski definition) is 4. The van der Waals surface area contributed by atoms with Crippen molar-refractivity contribution in [3.05, 3.63) is 35.4 Å². The van der Waals surface area contributed by atoms with Gasteiger partial charge in [-0.3, -0.25) is 14.5 Å². The molecule has 0 aromatic heterocycles. The minimum Gasteiger partial charge on any atom is -0.390 e. The van der Waals surface area contributed by atoms with E-state index in [2.05, 4.69) is 5.32 Å². The fraction of sp³-hybridized carbons (Fsp3) is 0.429. The third-order valence-corrected chi connectivity index (χ3v) is 3.49. The van der Waals surface area contributed by atoms with Gasteiger partial charge < -0.3 is 10.4 Å². The number of aliphatic hydroxyl groups is 1. The number of rotatable bonds is 5. The highest BCUT2D eigenvalue weighted by Gasteiger charge is 2.36. The number of fused-ring (bicyclic) bond motifs is 1. The fourth-order valence-corrected chi connectivity index (χ4v) is 2.27. The Morgan fingerprint density at radius 3 is 2.32 bits per heavy atom. The zero-order chi connectivity index (χ0) is 13.4. The van der Waals surface area contributed by atoms with Gasteiger partial charge in [0.25, 0.3) is 11.8 Å². The first-order valence-electron chi connectivity index (χ1n) is 6.53. The van der Waals surface area contributed by atoms with Gasteiger partial charge in [-0.25, -0.2) is 0 Å². The number of benzene rings is 1. The lowest BCUT2D eigenvalue weighted by Crippen LogP contribution is -2.41. The topological polar surface area (TPSA) is 69.6 Å². The van der Waals surface area contributed by atoms with E-state index in [1.807, 2.05) is 0 Å².